The fraction of sp³-hybridized carbons (Fsp3) is 0.259. The molecule has 1 N–H and O–H groups in total. The lowest BCUT2D eigenvalue weighted by Crippen LogP contribution is -2.51. The highest BCUT2D eigenvalue weighted by Crippen LogP contribution is 2.33. The molecule has 0 aliphatic heterocycles. The second-order valence-electron chi connectivity index (χ2n) is 8.50. The summed E-state index contributed by atoms with van der Waals surface area (Å²) >= 11 is 12.5. The Kier molecular flexibility index (Phi) is 10.1. The number of anilines is 1. The van der Waals surface area contributed by atoms with Gasteiger partial charge in [-0.1, -0.05) is 66.5 Å². The van der Waals surface area contributed by atoms with E-state index in [4.69, 9.17) is 23.2 Å². The molecule has 1 atom stereocenters. The number of nitrogens with zero attached hydrogens (tertiary/aromatic N) is 2. The highest BCUT2D eigenvalue weighted by atomic mass is 35.5. The number of sulfonamides is 1. The molecule has 0 fully saturated rings. The van der Waals surface area contributed by atoms with Crippen LogP contribution in [0.25, 0.3) is 0 Å². The molecule has 11 heteroatoms. The van der Waals surface area contributed by atoms with E-state index in [-0.39, 0.29) is 32.7 Å². The largest absolute Gasteiger partial charge is 0.354 e. The molecule has 0 heterocycles. The van der Waals surface area contributed by atoms with E-state index in [2.05, 4.69) is 5.32 Å². The fourth-order valence-corrected chi connectivity index (χ4v) is 5.58. The van der Waals surface area contributed by atoms with Crippen LogP contribution in [0, 0.1) is 5.82 Å². The molecule has 0 aliphatic carbocycles. The van der Waals surface area contributed by atoms with Gasteiger partial charge in [0.2, 0.25) is 11.8 Å². The Hall–Kier alpha value is -3.14. The van der Waals surface area contributed by atoms with Crippen molar-refractivity contribution in [3.05, 3.63) is 94.2 Å². The van der Waals surface area contributed by atoms with Crippen LogP contribution in [-0.2, 0) is 26.2 Å². The quantitative estimate of drug-likeness (QED) is 0.335. The Bertz CT molecular complexity index is 1390. The van der Waals surface area contributed by atoms with Crippen molar-refractivity contribution in [3.63, 3.8) is 0 Å². The fourth-order valence-electron chi connectivity index (χ4n) is 3.70. The smallest absolute Gasteiger partial charge is 0.264 e. The summed E-state index contributed by atoms with van der Waals surface area (Å²) in [5.74, 6) is -1.74. The first-order valence-corrected chi connectivity index (χ1v) is 14.1. The minimum absolute atomic E-state index is 0.00898. The molecule has 2 amide bonds. The third-order valence-corrected chi connectivity index (χ3v) is 8.13. The Morgan fingerprint density at radius 1 is 1.00 bits per heavy atom. The average Bonchev–Trinajstić information content (AvgIpc) is 2.91. The van der Waals surface area contributed by atoms with E-state index in [1.165, 1.54) is 55.5 Å². The van der Waals surface area contributed by atoms with Gasteiger partial charge in [-0.25, -0.2) is 12.8 Å². The number of rotatable bonds is 11. The predicted molar refractivity (Wildman–Crippen MR) is 147 cm³/mol. The summed E-state index contributed by atoms with van der Waals surface area (Å²) in [6.45, 7) is 2.81. The van der Waals surface area contributed by atoms with E-state index in [1.807, 2.05) is 6.92 Å². The number of benzene rings is 3. The summed E-state index contributed by atoms with van der Waals surface area (Å²) in [5.41, 5.74) is 0.166. The van der Waals surface area contributed by atoms with Crippen LogP contribution >= 0.6 is 23.2 Å². The molecule has 3 aromatic rings. The van der Waals surface area contributed by atoms with Crippen LogP contribution in [0.4, 0.5) is 10.1 Å². The molecule has 0 radical (unpaired) electrons. The van der Waals surface area contributed by atoms with Crippen molar-refractivity contribution in [2.75, 3.05) is 17.4 Å². The molecule has 0 aromatic heterocycles. The predicted octanol–water partition coefficient (Wildman–Crippen LogP) is 5.27. The summed E-state index contributed by atoms with van der Waals surface area (Å²) in [6, 6.07) is 16.7. The number of carbonyl (C=O) groups is 2. The summed E-state index contributed by atoms with van der Waals surface area (Å²) in [5, 5.41) is 2.99. The third kappa shape index (κ3) is 7.03. The maximum Gasteiger partial charge on any atom is 0.264 e. The van der Waals surface area contributed by atoms with Crippen molar-refractivity contribution in [3.8, 4) is 0 Å². The molecule has 7 nitrogen and oxygen atoms in total. The van der Waals surface area contributed by atoms with Gasteiger partial charge in [-0.05, 0) is 49.7 Å². The Labute approximate surface area is 232 Å². The van der Waals surface area contributed by atoms with Crippen molar-refractivity contribution in [2.24, 2.45) is 0 Å². The standard InChI is InChI=1S/C27H28Cl2FN3O4S/c1-3-15-31-27(35)19(2)32(17-20-9-7-8-12-24(20)30)26(34)18-33(25-16-21(28)13-14-23(25)29)38(36,37)22-10-5-4-6-11-22/h4-14,16,19H,3,15,17-18H2,1-2H3,(H,31,35). The molecule has 202 valence electrons. The molecule has 0 spiro atoms. The van der Waals surface area contributed by atoms with Crippen LogP contribution in [0.3, 0.4) is 0 Å². The van der Waals surface area contributed by atoms with E-state index in [0.29, 0.717) is 13.0 Å². The van der Waals surface area contributed by atoms with Crippen molar-refractivity contribution in [2.45, 2.75) is 37.8 Å². The summed E-state index contributed by atoms with van der Waals surface area (Å²) in [7, 11) is -4.29. The zero-order valence-electron chi connectivity index (χ0n) is 20.9. The van der Waals surface area contributed by atoms with Gasteiger partial charge in [0.15, 0.2) is 0 Å². The number of nitrogens with one attached hydrogen (secondary N) is 1. The molecule has 3 aromatic carbocycles. The first-order valence-electron chi connectivity index (χ1n) is 11.9. The van der Waals surface area contributed by atoms with Crippen molar-refractivity contribution in [1.29, 1.82) is 0 Å². The maximum atomic E-state index is 14.5. The van der Waals surface area contributed by atoms with Gasteiger partial charge in [0.25, 0.3) is 10.0 Å². The third-order valence-electron chi connectivity index (χ3n) is 5.80. The first kappa shape index (κ1) is 29.4. The molecule has 1 unspecified atom stereocenters. The van der Waals surface area contributed by atoms with Crippen molar-refractivity contribution < 1.29 is 22.4 Å². The lowest BCUT2D eigenvalue weighted by atomic mass is 10.1. The summed E-state index contributed by atoms with van der Waals surface area (Å²) < 4.78 is 42.8. The molecule has 0 aliphatic rings. The van der Waals surface area contributed by atoms with Crippen LogP contribution in [0.2, 0.25) is 10.0 Å². The Morgan fingerprint density at radius 3 is 2.32 bits per heavy atom. The number of carbonyl (C=O) groups excluding carboxylic acids is 2. The first-order chi connectivity index (χ1) is 18.1. The van der Waals surface area contributed by atoms with E-state index >= 15 is 0 Å². The molecule has 3 rings (SSSR count). The SMILES string of the molecule is CCCNC(=O)C(C)N(Cc1ccccc1F)C(=O)CN(c1cc(Cl)ccc1Cl)S(=O)(=O)c1ccccc1. The molecular weight excluding hydrogens is 552 g/mol. The highest BCUT2D eigenvalue weighted by molar-refractivity contribution is 7.92. The Balaban J connectivity index is 2.06. The van der Waals surface area contributed by atoms with Crippen LogP contribution < -0.4 is 9.62 Å². The van der Waals surface area contributed by atoms with Gasteiger partial charge in [0, 0.05) is 23.7 Å². The van der Waals surface area contributed by atoms with Crippen molar-refractivity contribution >= 4 is 50.7 Å². The monoisotopic (exact) mass is 579 g/mol. The molecule has 0 bridgehead atoms. The second kappa shape index (κ2) is 13.1. The van der Waals surface area contributed by atoms with E-state index < -0.39 is 40.2 Å². The van der Waals surface area contributed by atoms with Gasteiger partial charge in [-0.3, -0.25) is 13.9 Å². The van der Waals surface area contributed by atoms with Crippen LogP contribution in [-0.4, -0.2) is 44.3 Å². The average molecular weight is 581 g/mol. The van der Waals surface area contributed by atoms with Gasteiger partial charge in [-0.2, -0.15) is 0 Å². The number of amides is 2. The van der Waals surface area contributed by atoms with Crippen molar-refractivity contribution in [1.82, 2.24) is 10.2 Å². The summed E-state index contributed by atoms with van der Waals surface area (Å²) in [4.78, 5) is 27.7. The molecule has 0 saturated heterocycles. The van der Waals surface area contributed by atoms with Crippen LogP contribution in [0.5, 0.6) is 0 Å². The van der Waals surface area contributed by atoms with Gasteiger partial charge in [0.1, 0.15) is 18.4 Å². The minimum atomic E-state index is -4.29. The highest BCUT2D eigenvalue weighted by Gasteiger charge is 2.33. The van der Waals surface area contributed by atoms with E-state index in [9.17, 15) is 22.4 Å². The maximum absolute atomic E-state index is 14.5. The second-order valence-corrected chi connectivity index (χ2v) is 11.2. The van der Waals surface area contributed by atoms with Gasteiger partial charge < -0.3 is 10.2 Å². The number of hydrogen-bond acceptors (Lipinski definition) is 4. The zero-order valence-corrected chi connectivity index (χ0v) is 23.2. The van der Waals surface area contributed by atoms with Gasteiger partial charge in [0.05, 0.1) is 15.6 Å². The number of halogens is 3. The zero-order chi connectivity index (χ0) is 27.9. The number of hydrogen-bond donors (Lipinski definition) is 1. The van der Waals surface area contributed by atoms with Crippen LogP contribution in [0.15, 0.2) is 77.7 Å². The van der Waals surface area contributed by atoms with Crippen LogP contribution in [0.1, 0.15) is 25.8 Å². The van der Waals surface area contributed by atoms with E-state index in [0.717, 1.165) is 9.21 Å². The normalized spacial score (nSPS) is 12.0. The molecule has 38 heavy (non-hydrogen) atoms. The minimum Gasteiger partial charge on any atom is -0.354 e. The molecule has 0 saturated carbocycles. The van der Waals surface area contributed by atoms with Gasteiger partial charge in [-0.15, -0.1) is 0 Å². The van der Waals surface area contributed by atoms with E-state index in [1.54, 1.807) is 24.3 Å². The lowest BCUT2D eigenvalue weighted by Gasteiger charge is -2.32. The molecular formula is C27H28Cl2FN3O4S. The topological polar surface area (TPSA) is 86.8 Å². The summed E-state index contributed by atoms with van der Waals surface area (Å²) in [6.07, 6.45) is 0.677. The Morgan fingerprint density at radius 2 is 1.66 bits per heavy atom. The lowest BCUT2D eigenvalue weighted by molar-refractivity contribution is -0.139. The van der Waals surface area contributed by atoms with Gasteiger partial charge >= 0.3 is 0 Å².